The Kier molecular flexibility index (Phi) is 4.11. The molecule has 0 saturated heterocycles. The van der Waals surface area contributed by atoms with E-state index < -0.39 is 0 Å². The molecule has 2 fully saturated rings. The largest absolute Gasteiger partial charge is 0.0651 e. The summed E-state index contributed by atoms with van der Waals surface area (Å²) in [5.74, 6) is 4.27. The predicted molar refractivity (Wildman–Crippen MR) is 66.9 cm³/mol. The second-order valence-corrected chi connectivity index (χ2v) is 6.15. The van der Waals surface area contributed by atoms with Crippen molar-refractivity contribution in [3.05, 3.63) is 0 Å². The van der Waals surface area contributed by atoms with Gasteiger partial charge >= 0.3 is 0 Å². The van der Waals surface area contributed by atoms with Gasteiger partial charge in [0.1, 0.15) is 0 Å². The smallest absolute Gasteiger partial charge is 0.0355 e. The molecule has 0 aliphatic heterocycles. The monoisotopic (exact) mass is 208 g/mol. The quantitative estimate of drug-likeness (QED) is 0.567. The lowest BCUT2D eigenvalue weighted by Crippen LogP contribution is -2.22. The van der Waals surface area contributed by atoms with E-state index in [0.29, 0.717) is 0 Å². The molecule has 4 unspecified atom stereocenters. The molecular weight excluding hydrogens is 180 g/mol. The normalized spacial score (nSPS) is 42.8. The second-order valence-electron chi connectivity index (χ2n) is 6.15. The highest BCUT2D eigenvalue weighted by molar-refractivity contribution is 4.83. The molecule has 2 rings (SSSR count). The molecule has 0 radical (unpaired) electrons. The molecule has 88 valence electrons. The fourth-order valence-electron chi connectivity index (χ4n) is 4.19. The van der Waals surface area contributed by atoms with Gasteiger partial charge in [-0.3, -0.25) is 0 Å². The molecule has 0 aromatic heterocycles. The number of fused-ring (bicyclic) bond motifs is 1. The third kappa shape index (κ3) is 2.77. The van der Waals surface area contributed by atoms with Gasteiger partial charge in [-0.25, -0.2) is 0 Å². The maximum absolute atomic E-state index is 2.49. The SMILES string of the molecule is CCC1CCCCC2CCCC(C)CC12. The fraction of sp³-hybridized carbons (Fsp3) is 1.00. The van der Waals surface area contributed by atoms with Crippen molar-refractivity contribution in [3.63, 3.8) is 0 Å². The molecule has 4 atom stereocenters. The van der Waals surface area contributed by atoms with Crippen molar-refractivity contribution in [1.82, 2.24) is 0 Å². The van der Waals surface area contributed by atoms with Gasteiger partial charge in [-0.2, -0.15) is 0 Å². The first-order chi connectivity index (χ1) is 7.31. The first-order valence-corrected chi connectivity index (χ1v) is 7.31. The van der Waals surface area contributed by atoms with Crippen LogP contribution in [0.15, 0.2) is 0 Å². The number of rotatable bonds is 1. The summed E-state index contributed by atoms with van der Waals surface area (Å²) in [6, 6.07) is 0. The Morgan fingerprint density at radius 2 is 1.67 bits per heavy atom. The van der Waals surface area contributed by atoms with Crippen LogP contribution in [0.25, 0.3) is 0 Å². The minimum absolute atomic E-state index is 1.01. The van der Waals surface area contributed by atoms with Gasteiger partial charge in [0.05, 0.1) is 0 Å². The van der Waals surface area contributed by atoms with E-state index in [2.05, 4.69) is 13.8 Å². The van der Waals surface area contributed by atoms with Crippen molar-refractivity contribution < 1.29 is 0 Å². The topological polar surface area (TPSA) is 0 Å². The van der Waals surface area contributed by atoms with Gasteiger partial charge in [0.25, 0.3) is 0 Å². The average molecular weight is 208 g/mol. The summed E-state index contributed by atoms with van der Waals surface area (Å²) in [6.45, 7) is 4.91. The Bertz CT molecular complexity index is 184. The maximum atomic E-state index is 2.49. The van der Waals surface area contributed by atoms with Crippen molar-refractivity contribution in [2.24, 2.45) is 23.7 Å². The minimum atomic E-state index is 1.01. The molecule has 0 heteroatoms. The van der Waals surface area contributed by atoms with Crippen LogP contribution in [-0.4, -0.2) is 0 Å². The summed E-state index contributed by atoms with van der Waals surface area (Å²) in [4.78, 5) is 0. The van der Waals surface area contributed by atoms with Crippen LogP contribution >= 0.6 is 0 Å². The van der Waals surface area contributed by atoms with Crippen LogP contribution in [0.1, 0.15) is 71.6 Å². The highest BCUT2D eigenvalue weighted by Gasteiger charge is 2.32. The molecule has 0 aromatic carbocycles. The zero-order chi connectivity index (χ0) is 10.7. The highest BCUT2D eigenvalue weighted by atomic mass is 14.4. The Labute approximate surface area is 95.8 Å². The van der Waals surface area contributed by atoms with Crippen molar-refractivity contribution in [2.45, 2.75) is 71.6 Å². The van der Waals surface area contributed by atoms with E-state index in [4.69, 9.17) is 0 Å². The molecule has 2 aliphatic carbocycles. The summed E-state index contributed by atoms with van der Waals surface area (Å²) in [7, 11) is 0. The lowest BCUT2D eigenvalue weighted by atomic mass is 9.75. The van der Waals surface area contributed by atoms with Crippen LogP contribution in [0.5, 0.6) is 0 Å². The van der Waals surface area contributed by atoms with Crippen LogP contribution in [0.2, 0.25) is 0 Å². The van der Waals surface area contributed by atoms with E-state index in [1.54, 1.807) is 19.3 Å². The molecule has 0 heterocycles. The standard InChI is InChI=1S/C15H28/c1-3-13-8-4-5-9-14-10-6-7-12(2)11-15(13)14/h12-15H,3-11H2,1-2H3. The van der Waals surface area contributed by atoms with Gasteiger partial charge in [0, 0.05) is 0 Å². The molecule has 0 bridgehead atoms. The third-order valence-corrected chi connectivity index (χ3v) is 5.08. The second kappa shape index (κ2) is 5.37. The van der Waals surface area contributed by atoms with Crippen molar-refractivity contribution in [2.75, 3.05) is 0 Å². The number of hydrogen-bond donors (Lipinski definition) is 0. The highest BCUT2D eigenvalue weighted by Crippen LogP contribution is 2.44. The van der Waals surface area contributed by atoms with Gasteiger partial charge < -0.3 is 0 Å². The molecule has 0 aromatic rings. The van der Waals surface area contributed by atoms with E-state index in [9.17, 15) is 0 Å². The summed E-state index contributed by atoms with van der Waals surface area (Å²) >= 11 is 0. The van der Waals surface area contributed by atoms with Crippen LogP contribution in [0, 0.1) is 23.7 Å². The molecule has 2 saturated carbocycles. The van der Waals surface area contributed by atoms with Crippen LogP contribution in [-0.2, 0) is 0 Å². The zero-order valence-corrected chi connectivity index (χ0v) is 10.7. The van der Waals surface area contributed by atoms with Crippen molar-refractivity contribution >= 4 is 0 Å². The molecular formula is C15H28. The maximum Gasteiger partial charge on any atom is -0.0355 e. The van der Waals surface area contributed by atoms with Gasteiger partial charge in [0.15, 0.2) is 0 Å². The lowest BCUT2D eigenvalue weighted by molar-refractivity contribution is 0.195. The molecule has 0 amide bonds. The first-order valence-electron chi connectivity index (χ1n) is 7.31. The molecule has 0 nitrogen and oxygen atoms in total. The van der Waals surface area contributed by atoms with Gasteiger partial charge in [-0.15, -0.1) is 0 Å². The average Bonchev–Trinajstić information content (AvgIpc) is 2.50. The first kappa shape index (κ1) is 11.5. The zero-order valence-electron chi connectivity index (χ0n) is 10.7. The molecule has 0 N–H and O–H groups in total. The van der Waals surface area contributed by atoms with E-state index in [1.807, 2.05) is 0 Å². The van der Waals surface area contributed by atoms with Gasteiger partial charge in [-0.1, -0.05) is 65.2 Å². The Morgan fingerprint density at radius 3 is 2.47 bits per heavy atom. The van der Waals surface area contributed by atoms with E-state index in [0.717, 1.165) is 23.7 Å². The van der Waals surface area contributed by atoms with Gasteiger partial charge in [-0.05, 0) is 30.1 Å². The van der Waals surface area contributed by atoms with E-state index in [1.165, 1.54) is 38.5 Å². The van der Waals surface area contributed by atoms with Gasteiger partial charge in [0.2, 0.25) is 0 Å². The summed E-state index contributed by atoms with van der Waals surface area (Å²) in [6.07, 6.45) is 13.7. The fourth-order valence-corrected chi connectivity index (χ4v) is 4.19. The van der Waals surface area contributed by atoms with Crippen molar-refractivity contribution in [1.29, 1.82) is 0 Å². The minimum Gasteiger partial charge on any atom is -0.0651 e. The summed E-state index contributed by atoms with van der Waals surface area (Å²) in [5, 5.41) is 0. The molecule has 15 heavy (non-hydrogen) atoms. The predicted octanol–water partition coefficient (Wildman–Crippen LogP) is 5.03. The Morgan fingerprint density at radius 1 is 0.933 bits per heavy atom. The molecule has 2 aliphatic rings. The lowest BCUT2D eigenvalue weighted by Gasteiger charge is -2.30. The Hall–Kier alpha value is 0. The third-order valence-electron chi connectivity index (χ3n) is 5.08. The summed E-state index contributed by atoms with van der Waals surface area (Å²) < 4.78 is 0. The van der Waals surface area contributed by atoms with E-state index >= 15 is 0 Å². The van der Waals surface area contributed by atoms with Crippen LogP contribution < -0.4 is 0 Å². The van der Waals surface area contributed by atoms with E-state index in [-0.39, 0.29) is 0 Å². The number of hydrogen-bond acceptors (Lipinski definition) is 0. The van der Waals surface area contributed by atoms with Crippen LogP contribution in [0.4, 0.5) is 0 Å². The van der Waals surface area contributed by atoms with Crippen LogP contribution in [0.3, 0.4) is 0 Å². The molecule has 0 spiro atoms. The summed E-state index contributed by atoms with van der Waals surface area (Å²) in [5.41, 5.74) is 0. The Balaban J connectivity index is 2.08. The van der Waals surface area contributed by atoms with Crippen molar-refractivity contribution in [3.8, 4) is 0 Å².